The Labute approximate surface area is 160 Å². The number of nitrogens with zero attached hydrogens (tertiary/aromatic N) is 1. The van der Waals surface area contributed by atoms with Crippen LogP contribution in [0.2, 0.25) is 0 Å². The maximum absolute atomic E-state index is 12.4. The Morgan fingerprint density at radius 3 is 2.44 bits per heavy atom. The first-order valence-corrected chi connectivity index (χ1v) is 10.1. The Balaban J connectivity index is 1.19. The normalized spacial score (nSPS) is 23.3. The quantitative estimate of drug-likeness (QED) is 0.833. The molecule has 2 heterocycles. The van der Waals surface area contributed by atoms with Crippen LogP contribution in [0.25, 0.3) is 0 Å². The third kappa shape index (κ3) is 4.80. The van der Waals surface area contributed by atoms with Crippen molar-refractivity contribution in [1.82, 2.24) is 10.2 Å². The number of likely N-dealkylation sites (tertiary alicyclic amines) is 1. The lowest BCUT2D eigenvalue weighted by Gasteiger charge is -2.33. The van der Waals surface area contributed by atoms with Crippen molar-refractivity contribution in [3.63, 3.8) is 0 Å². The van der Waals surface area contributed by atoms with Gasteiger partial charge in [0.2, 0.25) is 0 Å². The molecule has 0 radical (unpaired) electrons. The van der Waals surface area contributed by atoms with E-state index in [4.69, 9.17) is 9.47 Å². The third-order valence-electron chi connectivity index (χ3n) is 5.65. The van der Waals surface area contributed by atoms with Gasteiger partial charge in [-0.2, -0.15) is 0 Å². The van der Waals surface area contributed by atoms with Crippen LogP contribution in [0.1, 0.15) is 48.9 Å². The molecule has 0 bridgehead atoms. The molecule has 2 amide bonds. The van der Waals surface area contributed by atoms with Gasteiger partial charge in [-0.05, 0) is 68.7 Å². The Bertz CT molecular complexity index is 657. The topological polar surface area (TPSA) is 67.9 Å². The molecule has 1 aromatic rings. The lowest BCUT2D eigenvalue weighted by molar-refractivity contribution is -0.142. The largest absolute Gasteiger partial charge is 0.493 e. The summed E-state index contributed by atoms with van der Waals surface area (Å²) in [7, 11) is 0. The van der Waals surface area contributed by atoms with Crippen LogP contribution in [0.5, 0.6) is 5.75 Å². The number of benzene rings is 1. The molecule has 0 aromatic heterocycles. The average Bonchev–Trinajstić information content (AvgIpc) is 3.35. The fraction of sp³-hybridized carbons (Fsp3) is 0.619. The van der Waals surface area contributed by atoms with Crippen LogP contribution in [0, 0.1) is 5.92 Å². The zero-order valence-corrected chi connectivity index (χ0v) is 15.7. The molecule has 6 heteroatoms. The maximum Gasteiger partial charge on any atom is 0.251 e. The summed E-state index contributed by atoms with van der Waals surface area (Å²) in [6, 6.07) is 7.72. The fourth-order valence-corrected chi connectivity index (χ4v) is 3.71. The Hall–Kier alpha value is -2.08. The van der Waals surface area contributed by atoms with Gasteiger partial charge >= 0.3 is 0 Å². The summed E-state index contributed by atoms with van der Waals surface area (Å²) >= 11 is 0. The number of ether oxygens (including phenoxy) is 2. The summed E-state index contributed by atoms with van der Waals surface area (Å²) in [4.78, 5) is 26.3. The Morgan fingerprint density at radius 1 is 1.07 bits per heavy atom. The number of rotatable bonds is 6. The second kappa shape index (κ2) is 8.30. The smallest absolute Gasteiger partial charge is 0.251 e. The van der Waals surface area contributed by atoms with E-state index in [1.807, 2.05) is 29.2 Å². The number of piperidine rings is 1. The van der Waals surface area contributed by atoms with E-state index in [2.05, 4.69) is 5.32 Å². The SMILES string of the molecule is O=C(NC1CC1)c1ccc(OCC2CCN(C(=O)C3CCCO3)CC2)cc1. The van der Waals surface area contributed by atoms with Crippen LogP contribution in [-0.4, -0.2) is 55.2 Å². The molecule has 6 nitrogen and oxygen atoms in total. The lowest BCUT2D eigenvalue weighted by Crippen LogP contribution is -2.44. The van der Waals surface area contributed by atoms with Gasteiger partial charge in [-0.3, -0.25) is 9.59 Å². The first kappa shape index (κ1) is 18.3. The molecular formula is C21H28N2O4. The van der Waals surface area contributed by atoms with E-state index in [9.17, 15) is 9.59 Å². The Kier molecular flexibility index (Phi) is 5.62. The van der Waals surface area contributed by atoms with Crippen molar-refractivity contribution in [2.45, 2.75) is 50.7 Å². The standard InChI is InChI=1S/C21H28N2O4/c24-20(22-17-5-6-17)16-3-7-18(8-4-16)27-14-15-9-11-23(12-10-15)21(25)19-2-1-13-26-19/h3-4,7-8,15,17,19H,1-2,5-6,9-14H2,(H,22,24). The molecule has 0 spiro atoms. The van der Waals surface area contributed by atoms with Crippen molar-refractivity contribution < 1.29 is 19.1 Å². The van der Waals surface area contributed by atoms with Crippen LogP contribution in [0.3, 0.4) is 0 Å². The van der Waals surface area contributed by atoms with E-state index in [0.717, 1.165) is 57.4 Å². The van der Waals surface area contributed by atoms with E-state index in [0.29, 0.717) is 30.7 Å². The number of hydrogen-bond acceptors (Lipinski definition) is 4. The summed E-state index contributed by atoms with van der Waals surface area (Å²) in [5.74, 6) is 1.39. The van der Waals surface area contributed by atoms with Crippen LogP contribution < -0.4 is 10.1 Å². The van der Waals surface area contributed by atoms with E-state index in [-0.39, 0.29) is 17.9 Å². The number of amides is 2. The molecule has 1 N–H and O–H groups in total. The molecule has 1 aromatic carbocycles. The van der Waals surface area contributed by atoms with E-state index >= 15 is 0 Å². The average molecular weight is 372 g/mol. The predicted octanol–water partition coefficient (Wildman–Crippen LogP) is 2.38. The predicted molar refractivity (Wildman–Crippen MR) is 101 cm³/mol. The van der Waals surface area contributed by atoms with Crippen molar-refractivity contribution in [3.8, 4) is 5.75 Å². The van der Waals surface area contributed by atoms with Gasteiger partial charge in [0, 0.05) is 31.3 Å². The van der Waals surface area contributed by atoms with E-state index in [1.54, 1.807) is 0 Å². The minimum Gasteiger partial charge on any atom is -0.493 e. The third-order valence-corrected chi connectivity index (χ3v) is 5.65. The molecule has 1 saturated carbocycles. The van der Waals surface area contributed by atoms with Crippen LogP contribution >= 0.6 is 0 Å². The van der Waals surface area contributed by atoms with Crippen molar-refractivity contribution >= 4 is 11.8 Å². The molecular weight excluding hydrogens is 344 g/mol. The molecule has 1 unspecified atom stereocenters. The van der Waals surface area contributed by atoms with Crippen LogP contribution in [0.15, 0.2) is 24.3 Å². The summed E-state index contributed by atoms with van der Waals surface area (Å²) in [5.41, 5.74) is 0.676. The van der Waals surface area contributed by atoms with Gasteiger partial charge in [-0.25, -0.2) is 0 Å². The minimum atomic E-state index is -0.214. The highest BCUT2D eigenvalue weighted by Gasteiger charge is 2.31. The van der Waals surface area contributed by atoms with Gasteiger partial charge in [-0.15, -0.1) is 0 Å². The number of hydrogen-bond donors (Lipinski definition) is 1. The number of nitrogens with one attached hydrogen (secondary N) is 1. The molecule has 2 aliphatic heterocycles. The molecule has 1 atom stereocenters. The second-order valence-electron chi connectivity index (χ2n) is 7.85. The van der Waals surface area contributed by atoms with Crippen LogP contribution in [-0.2, 0) is 9.53 Å². The van der Waals surface area contributed by atoms with Gasteiger partial charge in [0.05, 0.1) is 6.61 Å². The molecule has 146 valence electrons. The molecule has 2 saturated heterocycles. The van der Waals surface area contributed by atoms with Crippen molar-refractivity contribution in [3.05, 3.63) is 29.8 Å². The van der Waals surface area contributed by atoms with Crippen LogP contribution in [0.4, 0.5) is 0 Å². The first-order valence-electron chi connectivity index (χ1n) is 10.1. The zero-order valence-electron chi connectivity index (χ0n) is 15.7. The first-order chi connectivity index (χ1) is 13.2. The van der Waals surface area contributed by atoms with Crippen molar-refractivity contribution in [1.29, 1.82) is 0 Å². The minimum absolute atomic E-state index is 0.00710. The van der Waals surface area contributed by atoms with Gasteiger partial charge in [-0.1, -0.05) is 0 Å². The summed E-state index contributed by atoms with van der Waals surface area (Å²) in [6.07, 6.45) is 5.73. The molecule has 1 aliphatic carbocycles. The van der Waals surface area contributed by atoms with Gasteiger partial charge in [0.25, 0.3) is 11.8 Å². The van der Waals surface area contributed by atoms with E-state index in [1.165, 1.54) is 0 Å². The number of carbonyl (C=O) groups is 2. The fourth-order valence-electron chi connectivity index (χ4n) is 3.71. The monoisotopic (exact) mass is 372 g/mol. The highest BCUT2D eigenvalue weighted by molar-refractivity contribution is 5.94. The van der Waals surface area contributed by atoms with Crippen molar-refractivity contribution in [2.75, 3.05) is 26.3 Å². The molecule has 3 aliphatic rings. The molecule has 27 heavy (non-hydrogen) atoms. The summed E-state index contributed by atoms with van der Waals surface area (Å²) < 4.78 is 11.4. The summed E-state index contributed by atoms with van der Waals surface area (Å²) in [6.45, 7) is 2.93. The highest BCUT2D eigenvalue weighted by atomic mass is 16.5. The van der Waals surface area contributed by atoms with Gasteiger partial charge in [0.1, 0.15) is 11.9 Å². The molecule has 4 rings (SSSR count). The zero-order chi connectivity index (χ0) is 18.6. The van der Waals surface area contributed by atoms with Crippen molar-refractivity contribution in [2.24, 2.45) is 5.92 Å². The maximum atomic E-state index is 12.4. The van der Waals surface area contributed by atoms with Gasteiger partial charge in [0.15, 0.2) is 0 Å². The number of carbonyl (C=O) groups excluding carboxylic acids is 2. The molecule has 3 fully saturated rings. The highest BCUT2D eigenvalue weighted by Crippen LogP contribution is 2.23. The summed E-state index contributed by atoms with van der Waals surface area (Å²) in [5, 5.41) is 2.99. The van der Waals surface area contributed by atoms with E-state index < -0.39 is 0 Å². The lowest BCUT2D eigenvalue weighted by atomic mass is 9.97. The Morgan fingerprint density at radius 2 is 1.81 bits per heavy atom. The second-order valence-corrected chi connectivity index (χ2v) is 7.85. The van der Waals surface area contributed by atoms with Gasteiger partial charge < -0.3 is 19.7 Å².